The lowest BCUT2D eigenvalue weighted by molar-refractivity contribution is 0.0893. The molecular formula is C24H32N6O3. The number of H-pyrrole nitrogens is 1. The van der Waals surface area contributed by atoms with Crippen molar-refractivity contribution in [2.75, 3.05) is 13.7 Å². The van der Waals surface area contributed by atoms with E-state index in [4.69, 9.17) is 9.47 Å². The molecule has 1 atom stereocenters. The highest BCUT2D eigenvalue weighted by molar-refractivity contribution is 5.80. The van der Waals surface area contributed by atoms with Crippen LogP contribution < -0.4 is 10.3 Å². The van der Waals surface area contributed by atoms with Crippen molar-refractivity contribution in [3.05, 3.63) is 46.0 Å². The molecule has 0 bridgehead atoms. The molecule has 9 heteroatoms. The van der Waals surface area contributed by atoms with Gasteiger partial charge in [-0.05, 0) is 59.7 Å². The van der Waals surface area contributed by atoms with Crippen LogP contribution in [0.2, 0.25) is 0 Å². The molecule has 3 aromatic rings. The van der Waals surface area contributed by atoms with Crippen LogP contribution >= 0.6 is 0 Å². The summed E-state index contributed by atoms with van der Waals surface area (Å²) in [5.74, 6) is 1.56. The molecule has 1 aliphatic heterocycles. The number of nitrogens with zero attached hydrogens (tertiary/aromatic N) is 5. The molecule has 0 radical (unpaired) electrons. The van der Waals surface area contributed by atoms with E-state index in [9.17, 15) is 4.79 Å². The summed E-state index contributed by atoms with van der Waals surface area (Å²) in [5.41, 5.74) is 1.49. The van der Waals surface area contributed by atoms with Crippen LogP contribution in [0.4, 0.5) is 0 Å². The fourth-order valence-corrected chi connectivity index (χ4v) is 5.09. The molecule has 2 fully saturated rings. The van der Waals surface area contributed by atoms with E-state index in [-0.39, 0.29) is 11.7 Å². The first-order chi connectivity index (χ1) is 16.2. The Bertz CT molecular complexity index is 1130. The Morgan fingerprint density at radius 2 is 2.03 bits per heavy atom. The van der Waals surface area contributed by atoms with Crippen molar-refractivity contribution in [1.82, 2.24) is 30.1 Å². The Balaban J connectivity index is 1.40. The number of pyridine rings is 1. The van der Waals surface area contributed by atoms with E-state index in [0.717, 1.165) is 60.3 Å². The molecule has 2 aromatic heterocycles. The first kappa shape index (κ1) is 22.0. The van der Waals surface area contributed by atoms with E-state index in [1.165, 1.54) is 19.3 Å². The maximum absolute atomic E-state index is 13.0. The van der Waals surface area contributed by atoms with Gasteiger partial charge in [0.1, 0.15) is 5.75 Å². The number of aromatic amines is 1. The minimum Gasteiger partial charge on any atom is -0.497 e. The third-order valence-corrected chi connectivity index (χ3v) is 6.95. The molecule has 5 rings (SSSR count). The van der Waals surface area contributed by atoms with Gasteiger partial charge in [0.15, 0.2) is 5.82 Å². The third-order valence-electron chi connectivity index (χ3n) is 6.95. The topological polar surface area (TPSA) is 98.2 Å². The Morgan fingerprint density at radius 3 is 2.82 bits per heavy atom. The van der Waals surface area contributed by atoms with Crippen molar-refractivity contribution >= 4 is 10.9 Å². The molecule has 1 N–H and O–H groups in total. The summed E-state index contributed by atoms with van der Waals surface area (Å²) in [6, 6.07) is 8.18. The van der Waals surface area contributed by atoms with Crippen molar-refractivity contribution in [3.63, 3.8) is 0 Å². The molecule has 2 aliphatic rings. The third kappa shape index (κ3) is 5.09. The minimum absolute atomic E-state index is 0.0597. The lowest BCUT2D eigenvalue weighted by Crippen LogP contribution is -2.38. The fraction of sp³-hybridized carbons (Fsp3) is 0.583. The highest BCUT2D eigenvalue weighted by Crippen LogP contribution is 2.26. The van der Waals surface area contributed by atoms with Gasteiger partial charge in [0.2, 0.25) is 0 Å². The number of aromatic nitrogens is 5. The SMILES string of the molecule is COc1ccc2cc(CN(Cc3nnnn3CC3CCCO3)C3CCCCC3)c(=O)[nH]c2c1. The second-order valence-electron chi connectivity index (χ2n) is 9.19. The van der Waals surface area contributed by atoms with E-state index in [1.807, 2.05) is 28.9 Å². The number of rotatable bonds is 8. The van der Waals surface area contributed by atoms with Crippen LogP contribution in [0.1, 0.15) is 56.3 Å². The number of hydrogen-bond donors (Lipinski definition) is 1. The van der Waals surface area contributed by atoms with Crippen LogP contribution in [0.5, 0.6) is 5.75 Å². The Morgan fingerprint density at radius 1 is 1.15 bits per heavy atom. The molecule has 3 heterocycles. The number of methoxy groups -OCH3 is 1. The maximum atomic E-state index is 13.0. The zero-order valence-corrected chi connectivity index (χ0v) is 19.2. The summed E-state index contributed by atoms with van der Waals surface area (Å²) in [4.78, 5) is 18.4. The maximum Gasteiger partial charge on any atom is 0.252 e. The number of benzene rings is 1. The van der Waals surface area contributed by atoms with Crippen molar-refractivity contribution in [2.24, 2.45) is 0 Å². The Labute approximate surface area is 193 Å². The van der Waals surface area contributed by atoms with E-state index < -0.39 is 0 Å². The summed E-state index contributed by atoms with van der Waals surface area (Å²) in [5, 5.41) is 13.5. The number of nitrogens with one attached hydrogen (secondary N) is 1. The molecule has 0 amide bonds. The monoisotopic (exact) mass is 452 g/mol. The predicted octanol–water partition coefficient (Wildman–Crippen LogP) is 3.04. The second kappa shape index (κ2) is 10.0. The quantitative estimate of drug-likeness (QED) is 0.561. The molecule has 1 aromatic carbocycles. The molecule has 9 nitrogen and oxygen atoms in total. The van der Waals surface area contributed by atoms with E-state index >= 15 is 0 Å². The van der Waals surface area contributed by atoms with Crippen molar-refractivity contribution in [2.45, 2.75) is 76.7 Å². The summed E-state index contributed by atoms with van der Waals surface area (Å²) in [6.07, 6.45) is 8.29. The van der Waals surface area contributed by atoms with E-state index in [0.29, 0.717) is 25.7 Å². The molecule has 0 spiro atoms. The van der Waals surface area contributed by atoms with Crippen molar-refractivity contribution < 1.29 is 9.47 Å². The van der Waals surface area contributed by atoms with Gasteiger partial charge in [0.05, 0.1) is 31.8 Å². The van der Waals surface area contributed by atoms with Crippen LogP contribution in [0, 0.1) is 0 Å². The zero-order chi connectivity index (χ0) is 22.6. The first-order valence-corrected chi connectivity index (χ1v) is 12.0. The second-order valence-corrected chi connectivity index (χ2v) is 9.19. The van der Waals surface area contributed by atoms with Gasteiger partial charge in [-0.3, -0.25) is 9.69 Å². The predicted molar refractivity (Wildman–Crippen MR) is 124 cm³/mol. The molecule has 1 saturated heterocycles. The van der Waals surface area contributed by atoms with Gasteiger partial charge in [0, 0.05) is 30.8 Å². The van der Waals surface area contributed by atoms with E-state index in [1.54, 1.807) is 7.11 Å². The lowest BCUT2D eigenvalue weighted by atomic mass is 9.93. The Kier molecular flexibility index (Phi) is 6.68. The summed E-state index contributed by atoms with van der Waals surface area (Å²) in [7, 11) is 1.63. The average molecular weight is 453 g/mol. The fourth-order valence-electron chi connectivity index (χ4n) is 5.09. The Hall–Kier alpha value is -2.78. The number of tetrazole rings is 1. The average Bonchev–Trinajstić information content (AvgIpc) is 3.52. The molecule has 1 saturated carbocycles. The lowest BCUT2D eigenvalue weighted by Gasteiger charge is -2.34. The van der Waals surface area contributed by atoms with Crippen molar-refractivity contribution in [1.29, 1.82) is 0 Å². The zero-order valence-electron chi connectivity index (χ0n) is 19.2. The molecule has 176 valence electrons. The number of ether oxygens (including phenoxy) is 2. The number of hydrogen-bond acceptors (Lipinski definition) is 7. The largest absolute Gasteiger partial charge is 0.497 e. The highest BCUT2D eigenvalue weighted by atomic mass is 16.5. The summed E-state index contributed by atoms with van der Waals surface area (Å²) >= 11 is 0. The normalized spacial score (nSPS) is 19.5. The van der Waals surface area contributed by atoms with Crippen LogP contribution in [-0.2, 0) is 24.4 Å². The van der Waals surface area contributed by atoms with Gasteiger partial charge in [-0.15, -0.1) is 5.10 Å². The van der Waals surface area contributed by atoms with Crippen LogP contribution in [-0.4, -0.2) is 56.0 Å². The van der Waals surface area contributed by atoms with Crippen LogP contribution in [0.15, 0.2) is 29.1 Å². The molecule has 1 aliphatic carbocycles. The molecule has 1 unspecified atom stereocenters. The van der Waals surface area contributed by atoms with Gasteiger partial charge in [-0.1, -0.05) is 19.3 Å². The van der Waals surface area contributed by atoms with Gasteiger partial charge in [-0.2, -0.15) is 0 Å². The minimum atomic E-state index is -0.0597. The van der Waals surface area contributed by atoms with Crippen LogP contribution in [0.3, 0.4) is 0 Å². The first-order valence-electron chi connectivity index (χ1n) is 12.0. The standard InChI is InChI=1S/C24H32N6O3/c1-32-20-10-9-17-12-18(24(31)25-22(17)13-20)14-29(19-6-3-2-4-7-19)16-23-26-27-28-30(23)15-21-8-5-11-33-21/h9-10,12-13,19,21H,2-8,11,14-16H2,1H3,(H,25,31). The van der Waals surface area contributed by atoms with Crippen molar-refractivity contribution in [3.8, 4) is 5.75 Å². The van der Waals surface area contributed by atoms with Gasteiger partial charge in [0.25, 0.3) is 5.56 Å². The molecule has 33 heavy (non-hydrogen) atoms. The summed E-state index contributed by atoms with van der Waals surface area (Å²) in [6.45, 7) is 2.67. The smallest absolute Gasteiger partial charge is 0.252 e. The van der Waals surface area contributed by atoms with Gasteiger partial charge >= 0.3 is 0 Å². The summed E-state index contributed by atoms with van der Waals surface area (Å²) < 4.78 is 13.0. The van der Waals surface area contributed by atoms with E-state index in [2.05, 4.69) is 25.4 Å². The van der Waals surface area contributed by atoms with Crippen LogP contribution in [0.25, 0.3) is 10.9 Å². The van der Waals surface area contributed by atoms with Gasteiger partial charge in [-0.25, -0.2) is 4.68 Å². The molecular weight excluding hydrogens is 420 g/mol. The number of fused-ring (bicyclic) bond motifs is 1. The highest BCUT2D eigenvalue weighted by Gasteiger charge is 2.26. The van der Waals surface area contributed by atoms with Gasteiger partial charge < -0.3 is 14.5 Å².